The van der Waals surface area contributed by atoms with E-state index in [4.69, 9.17) is 9.47 Å². The van der Waals surface area contributed by atoms with Crippen LogP contribution in [0.4, 0.5) is 4.39 Å². The van der Waals surface area contributed by atoms with Crippen LogP contribution in [0.2, 0.25) is 0 Å². The van der Waals surface area contributed by atoms with Gasteiger partial charge in [0.25, 0.3) is 5.82 Å². The highest BCUT2D eigenvalue weighted by atomic mass is 19.1. The molecule has 2 aromatic rings. The minimum absolute atomic E-state index is 0.0522. The summed E-state index contributed by atoms with van der Waals surface area (Å²) in [6.45, 7) is 2.95. The molecule has 0 N–H and O–H groups in total. The van der Waals surface area contributed by atoms with Crippen molar-refractivity contribution >= 4 is 5.97 Å². The number of aromatic nitrogens is 3. The maximum absolute atomic E-state index is 14.0. The quantitative estimate of drug-likeness (QED) is 0.791. The molecule has 0 bridgehead atoms. The largest absolute Gasteiger partial charge is 0.454 e. The van der Waals surface area contributed by atoms with Crippen LogP contribution in [0.3, 0.4) is 0 Å². The van der Waals surface area contributed by atoms with Crippen LogP contribution in [-0.2, 0) is 15.9 Å². The number of ether oxygens (including phenoxy) is 2. The van der Waals surface area contributed by atoms with Gasteiger partial charge in [0, 0.05) is 12.8 Å². The number of benzene rings is 1. The van der Waals surface area contributed by atoms with Gasteiger partial charge in [0.2, 0.25) is 0 Å². The van der Waals surface area contributed by atoms with Crippen molar-refractivity contribution in [2.45, 2.75) is 32.3 Å². The van der Waals surface area contributed by atoms with Crippen LogP contribution >= 0.6 is 0 Å². The molecule has 122 valence electrons. The first kappa shape index (κ1) is 15.6. The average Bonchev–Trinajstić information content (AvgIpc) is 3.18. The summed E-state index contributed by atoms with van der Waals surface area (Å²) in [7, 11) is 0. The van der Waals surface area contributed by atoms with E-state index in [0.29, 0.717) is 31.9 Å². The lowest BCUT2D eigenvalue weighted by molar-refractivity contribution is 0.0257. The molecule has 0 radical (unpaired) electrons. The highest BCUT2D eigenvalue weighted by Gasteiger charge is 2.25. The van der Waals surface area contributed by atoms with E-state index in [-0.39, 0.29) is 17.6 Å². The number of para-hydroxylation sites is 1. The lowest BCUT2D eigenvalue weighted by Crippen LogP contribution is -2.19. The first-order valence-electron chi connectivity index (χ1n) is 7.68. The zero-order valence-corrected chi connectivity index (χ0v) is 12.9. The molecule has 0 saturated carbocycles. The Kier molecular flexibility index (Phi) is 4.66. The molecule has 1 aromatic carbocycles. The summed E-state index contributed by atoms with van der Waals surface area (Å²) in [6.07, 6.45) is 1.79. The van der Waals surface area contributed by atoms with Crippen LogP contribution in [0, 0.1) is 5.82 Å². The lowest BCUT2D eigenvalue weighted by atomic mass is 10.3. The molecule has 7 heteroatoms. The third kappa shape index (κ3) is 3.39. The lowest BCUT2D eigenvalue weighted by Gasteiger charge is -2.07. The Morgan fingerprint density at radius 2 is 2.30 bits per heavy atom. The highest BCUT2D eigenvalue weighted by molar-refractivity contribution is 5.85. The summed E-state index contributed by atoms with van der Waals surface area (Å²) < 4.78 is 25.9. The van der Waals surface area contributed by atoms with E-state index in [1.54, 1.807) is 18.2 Å². The van der Waals surface area contributed by atoms with E-state index in [2.05, 4.69) is 10.1 Å². The number of halogens is 1. The monoisotopic (exact) mass is 319 g/mol. The molecule has 3 rings (SSSR count). The molecule has 2 heterocycles. The fraction of sp³-hybridized carbons (Fsp3) is 0.438. The predicted octanol–water partition coefficient (Wildman–Crippen LogP) is 2.30. The second-order valence-electron chi connectivity index (χ2n) is 5.36. The van der Waals surface area contributed by atoms with E-state index in [1.165, 1.54) is 10.7 Å². The molecule has 23 heavy (non-hydrogen) atoms. The number of nitrogens with zero attached hydrogens (tertiary/aromatic N) is 3. The molecule has 1 aliphatic rings. The second-order valence-corrected chi connectivity index (χ2v) is 5.36. The van der Waals surface area contributed by atoms with Gasteiger partial charge in [-0.05, 0) is 18.6 Å². The van der Waals surface area contributed by atoms with Crippen molar-refractivity contribution in [2.24, 2.45) is 0 Å². The van der Waals surface area contributed by atoms with Crippen LogP contribution in [0.1, 0.15) is 36.2 Å². The summed E-state index contributed by atoms with van der Waals surface area (Å²) in [5.74, 6) is -0.539. The minimum Gasteiger partial charge on any atom is -0.454 e. The van der Waals surface area contributed by atoms with Crippen molar-refractivity contribution in [1.29, 1.82) is 0 Å². The van der Waals surface area contributed by atoms with Crippen molar-refractivity contribution in [3.63, 3.8) is 0 Å². The Hall–Kier alpha value is -2.28. The number of hydrogen-bond acceptors (Lipinski definition) is 5. The Bertz CT molecular complexity index is 696. The fourth-order valence-corrected chi connectivity index (χ4v) is 2.44. The zero-order valence-electron chi connectivity index (χ0n) is 12.9. The number of rotatable bonds is 5. The maximum Gasteiger partial charge on any atom is 0.378 e. The topological polar surface area (TPSA) is 66.2 Å². The normalized spacial score (nSPS) is 17.4. The van der Waals surface area contributed by atoms with Gasteiger partial charge in [0.05, 0.1) is 13.2 Å². The summed E-state index contributed by atoms with van der Waals surface area (Å²) in [5.41, 5.74) is 0.270. The van der Waals surface area contributed by atoms with E-state index >= 15 is 0 Å². The van der Waals surface area contributed by atoms with Crippen LogP contribution in [0.5, 0.6) is 0 Å². The van der Waals surface area contributed by atoms with Gasteiger partial charge in [-0.2, -0.15) is 0 Å². The zero-order chi connectivity index (χ0) is 16.2. The summed E-state index contributed by atoms with van der Waals surface area (Å²) in [5, 5.41) is 4.15. The van der Waals surface area contributed by atoms with Crippen LogP contribution in [-0.4, -0.2) is 40.1 Å². The summed E-state index contributed by atoms with van der Waals surface area (Å²) in [4.78, 5) is 16.4. The SMILES string of the molecule is CCCc1nc(C(=O)OC2CCOC2)nn1-c1ccccc1F. The van der Waals surface area contributed by atoms with E-state index in [0.717, 1.165) is 6.42 Å². The number of carbonyl (C=O) groups excluding carboxylic acids is 1. The van der Waals surface area contributed by atoms with Crippen molar-refractivity contribution in [1.82, 2.24) is 14.8 Å². The molecule has 6 nitrogen and oxygen atoms in total. The van der Waals surface area contributed by atoms with Gasteiger partial charge in [0.15, 0.2) is 0 Å². The number of hydrogen-bond donors (Lipinski definition) is 0. The number of carbonyl (C=O) groups is 1. The van der Waals surface area contributed by atoms with Gasteiger partial charge in [-0.15, -0.1) is 5.10 Å². The van der Waals surface area contributed by atoms with Crippen molar-refractivity contribution in [3.05, 3.63) is 41.7 Å². The molecule has 0 spiro atoms. The van der Waals surface area contributed by atoms with Crippen molar-refractivity contribution in [2.75, 3.05) is 13.2 Å². The van der Waals surface area contributed by atoms with Crippen LogP contribution < -0.4 is 0 Å². The van der Waals surface area contributed by atoms with Gasteiger partial charge in [-0.3, -0.25) is 0 Å². The molecular weight excluding hydrogens is 301 g/mol. The van der Waals surface area contributed by atoms with Crippen LogP contribution in [0.15, 0.2) is 24.3 Å². The van der Waals surface area contributed by atoms with Crippen molar-refractivity contribution < 1.29 is 18.7 Å². The maximum atomic E-state index is 14.0. The molecule has 0 aliphatic carbocycles. The Morgan fingerprint density at radius 1 is 1.48 bits per heavy atom. The molecule has 1 fully saturated rings. The Morgan fingerprint density at radius 3 is 3.00 bits per heavy atom. The standard InChI is InChI=1S/C16H18FN3O3/c1-2-5-14-18-15(16(21)23-11-8-9-22-10-11)19-20(14)13-7-4-3-6-12(13)17/h3-4,6-7,11H,2,5,8-10H2,1H3. The molecular formula is C16H18FN3O3. The predicted molar refractivity (Wildman–Crippen MR) is 80.0 cm³/mol. The number of esters is 1. The first-order chi connectivity index (χ1) is 11.2. The smallest absolute Gasteiger partial charge is 0.378 e. The highest BCUT2D eigenvalue weighted by Crippen LogP contribution is 2.16. The van der Waals surface area contributed by atoms with Gasteiger partial charge in [-0.1, -0.05) is 19.1 Å². The third-order valence-corrected chi connectivity index (χ3v) is 3.57. The Balaban J connectivity index is 1.89. The van der Waals surface area contributed by atoms with Gasteiger partial charge in [0.1, 0.15) is 23.4 Å². The van der Waals surface area contributed by atoms with E-state index < -0.39 is 11.8 Å². The summed E-state index contributed by atoms with van der Waals surface area (Å²) in [6, 6.07) is 6.26. The molecule has 0 amide bonds. The van der Waals surface area contributed by atoms with E-state index in [1.807, 2.05) is 6.92 Å². The van der Waals surface area contributed by atoms with E-state index in [9.17, 15) is 9.18 Å². The summed E-state index contributed by atoms with van der Waals surface area (Å²) >= 11 is 0. The molecule has 1 atom stereocenters. The van der Waals surface area contributed by atoms with Gasteiger partial charge >= 0.3 is 5.97 Å². The Labute approximate surface area is 133 Å². The second kappa shape index (κ2) is 6.87. The van der Waals surface area contributed by atoms with Gasteiger partial charge < -0.3 is 9.47 Å². The van der Waals surface area contributed by atoms with Crippen molar-refractivity contribution in [3.8, 4) is 5.69 Å². The molecule has 1 aliphatic heterocycles. The third-order valence-electron chi connectivity index (χ3n) is 3.57. The number of aryl methyl sites for hydroxylation is 1. The fourth-order valence-electron chi connectivity index (χ4n) is 2.44. The molecule has 1 unspecified atom stereocenters. The molecule has 1 aromatic heterocycles. The van der Waals surface area contributed by atoms with Crippen LogP contribution in [0.25, 0.3) is 5.69 Å². The first-order valence-corrected chi connectivity index (χ1v) is 7.68. The minimum atomic E-state index is -0.604. The van der Waals surface area contributed by atoms with Gasteiger partial charge in [-0.25, -0.2) is 18.9 Å². The molecule has 1 saturated heterocycles. The average molecular weight is 319 g/mol.